The van der Waals surface area contributed by atoms with E-state index in [9.17, 15) is 4.79 Å². The van der Waals surface area contributed by atoms with Crippen LogP contribution in [0, 0.1) is 0 Å². The summed E-state index contributed by atoms with van der Waals surface area (Å²) in [6.07, 6.45) is -0.235. The van der Waals surface area contributed by atoms with Gasteiger partial charge in [0.05, 0.1) is 6.10 Å². The van der Waals surface area contributed by atoms with Gasteiger partial charge in [-0.3, -0.25) is 4.79 Å². The van der Waals surface area contributed by atoms with Gasteiger partial charge in [0.15, 0.2) is 6.23 Å². The average Bonchev–Trinajstić information content (AvgIpc) is 2.74. The van der Waals surface area contributed by atoms with Crippen LogP contribution in [0.1, 0.15) is 41.6 Å². The lowest BCUT2D eigenvalue weighted by Gasteiger charge is -2.27. The monoisotopic (exact) mass is 281 g/mol. The fourth-order valence-electron chi connectivity index (χ4n) is 2.68. The average molecular weight is 281 g/mol. The first-order valence-corrected chi connectivity index (χ1v) is 7.26. The second kappa shape index (κ2) is 5.70. The molecule has 0 aliphatic carbocycles. The summed E-state index contributed by atoms with van der Waals surface area (Å²) in [5.41, 5.74) is 2.82. The number of rotatable bonds is 4. The van der Waals surface area contributed by atoms with Gasteiger partial charge in [0.25, 0.3) is 5.91 Å². The first kappa shape index (κ1) is 13.8. The number of fused-ring (bicyclic) bond motifs is 1. The van der Waals surface area contributed by atoms with Gasteiger partial charge in [0, 0.05) is 17.7 Å². The lowest BCUT2D eigenvalue weighted by molar-refractivity contribution is -0.0717. The van der Waals surface area contributed by atoms with Crippen LogP contribution in [-0.4, -0.2) is 16.9 Å². The topological polar surface area (TPSA) is 29.5 Å². The first-order valence-electron chi connectivity index (χ1n) is 7.26. The van der Waals surface area contributed by atoms with Gasteiger partial charge in [-0.2, -0.15) is 0 Å². The van der Waals surface area contributed by atoms with Crippen LogP contribution in [-0.2, 0) is 11.3 Å². The zero-order valence-electron chi connectivity index (χ0n) is 12.3. The second-order valence-electron chi connectivity index (χ2n) is 5.54. The molecule has 0 saturated carbocycles. The Hall–Kier alpha value is -2.13. The summed E-state index contributed by atoms with van der Waals surface area (Å²) in [5, 5.41) is 0. The number of amides is 1. The molecular weight excluding hydrogens is 262 g/mol. The van der Waals surface area contributed by atoms with Crippen LogP contribution in [0.25, 0.3) is 0 Å². The Labute approximate surface area is 125 Å². The van der Waals surface area contributed by atoms with Crippen LogP contribution in [0.15, 0.2) is 54.6 Å². The molecular formula is C18H19NO2. The fourth-order valence-corrected chi connectivity index (χ4v) is 2.68. The first-order chi connectivity index (χ1) is 10.2. The predicted octanol–water partition coefficient (Wildman–Crippen LogP) is 3.77. The molecule has 3 rings (SSSR count). The van der Waals surface area contributed by atoms with E-state index in [4.69, 9.17) is 4.74 Å². The minimum absolute atomic E-state index is 0.0418. The molecule has 108 valence electrons. The largest absolute Gasteiger partial charge is 0.351 e. The highest BCUT2D eigenvalue weighted by molar-refractivity contribution is 5.98. The molecule has 2 aromatic carbocycles. The maximum Gasteiger partial charge on any atom is 0.256 e. The standard InChI is InChI=1S/C18H19NO2/c1-13(2)21-18-16-11-7-6-10-15(16)17(20)19(18)12-14-8-4-3-5-9-14/h3-11,13,18H,12H2,1-2H3/t18-/m1/s1. The summed E-state index contributed by atoms with van der Waals surface area (Å²) in [5.74, 6) is 0.0418. The molecule has 0 saturated heterocycles. The smallest absolute Gasteiger partial charge is 0.256 e. The van der Waals surface area contributed by atoms with Crippen molar-refractivity contribution in [2.75, 3.05) is 0 Å². The number of hydrogen-bond donors (Lipinski definition) is 0. The van der Waals surface area contributed by atoms with E-state index < -0.39 is 0 Å². The number of benzene rings is 2. The summed E-state index contributed by atoms with van der Waals surface area (Å²) in [6.45, 7) is 4.55. The Balaban J connectivity index is 1.93. The van der Waals surface area contributed by atoms with E-state index >= 15 is 0 Å². The zero-order valence-corrected chi connectivity index (χ0v) is 12.3. The van der Waals surface area contributed by atoms with Crippen molar-refractivity contribution in [1.82, 2.24) is 4.90 Å². The molecule has 2 aromatic rings. The molecule has 3 nitrogen and oxygen atoms in total. The van der Waals surface area contributed by atoms with E-state index in [2.05, 4.69) is 0 Å². The molecule has 0 spiro atoms. The van der Waals surface area contributed by atoms with E-state index in [1.807, 2.05) is 68.4 Å². The molecule has 21 heavy (non-hydrogen) atoms. The highest BCUT2D eigenvalue weighted by Crippen LogP contribution is 2.36. The molecule has 1 amide bonds. The van der Waals surface area contributed by atoms with Gasteiger partial charge in [-0.1, -0.05) is 48.5 Å². The van der Waals surface area contributed by atoms with Crippen molar-refractivity contribution in [3.05, 3.63) is 71.3 Å². The zero-order chi connectivity index (χ0) is 14.8. The Bertz CT molecular complexity index is 637. The maximum absolute atomic E-state index is 12.6. The molecule has 3 heteroatoms. The number of carbonyl (C=O) groups excluding carboxylic acids is 1. The van der Waals surface area contributed by atoms with E-state index in [0.29, 0.717) is 6.54 Å². The fraction of sp³-hybridized carbons (Fsp3) is 0.278. The Morgan fingerprint density at radius 3 is 2.43 bits per heavy atom. The minimum atomic E-state index is -0.297. The summed E-state index contributed by atoms with van der Waals surface area (Å²) in [6, 6.07) is 17.7. The Morgan fingerprint density at radius 2 is 1.71 bits per heavy atom. The summed E-state index contributed by atoms with van der Waals surface area (Å²) in [4.78, 5) is 14.4. The molecule has 0 bridgehead atoms. The third-order valence-electron chi connectivity index (χ3n) is 3.60. The van der Waals surface area contributed by atoms with Crippen molar-refractivity contribution < 1.29 is 9.53 Å². The normalized spacial score (nSPS) is 17.4. The van der Waals surface area contributed by atoms with Gasteiger partial charge in [0.2, 0.25) is 0 Å². The number of carbonyl (C=O) groups is 1. The third kappa shape index (κ3) is 2.69. The number of ether oxygens (including phenoxy) is 1. The van der Waals surface area contributed by atoms with Crippen molar-refractivity contribution in [1.29, 1.82) is 0 Å². The van der Waals surface area contributed by atoms with Crippen LogP contribution >= 0.6 is 0 Å². The highest BCUT2D eigenvalue weighted by atomic mass is 16.5. The number of hydrogen-bond acceptors (Lipinski definition) is 2. The summed E-state index contributed by atoms with van der Waals surface area (Å²) < 4.78 is 6.00. The highest BCUT2D eigenvalue weighted by Gasteiger charge is 2.37. The molecule has 1 aliphatic rings. The van der Waals surface area contributed by atoms with E-state index in [1.165, 1.54) is 0 Å². The van der Waals surface area contributed by atoms with Crippen LogP contribution in [0.5, 0.6) is 0 Å². The Kier molecular flexibility index (Phi) is 3.76. The summed E-state index contributed by atoms with van der Waals surface area (Å²) >= 11 is 0. The third-order valence-corrected chi connectivity index (χ3v) is 3.60. The molecule has 0 radical (unpaired) electrons. The van der Waals surface area contributed by atoms with Gasteiger partial charge in [-0.05, 0) is 25.5 Å². The number of nitrogens with zero attached hydrogens (tertiary/aromatic N) is 1. The van der Waals surface area contributed by atoms with E-state index in [-0.39, 0.29) is 18.2 Å². The van der Waals surface area contributed by atoms with Crippen molar-refractivity contribution in [2.24, 2.45) is 0 Å². The summed E-state index contributed by atoms with van der Waals surface area (Å²) in [7, 11) is 0. The van der Waals surface area contributed by atoms with Crippen molar-refractivity contribution in [3.63, 3.8) is 0 Å². The van der Waals surface area contributed by atoms with Gasteiger partial charge in [0.1, 0.15) is 0 Å². The Morgan fingerprint density at radius 1 is 1.05 bits per heavy atom. The molecule has 0 N–H and O–H groups in total. The molecule has 0 unspecified atom stereocenters. The lowest BCUT2D eigenvalue weighted by Crippen LogP contribution is -2.30. The van der Waals surface area contributed by atoms with Gasteiger partial charge in [-0.15, -0.1) is 0 Å². The van der Waals surface area contributed by atoms with E-state index in [0.717, 1.165) is 16.7 Å². The van der Waals surface area contributed by atoms with Crippen LogP contribution < -0.4 is 0 Å². The lowest BCUT2D eigenvalue weighted by atomic mass is 10.1. The molecule has 0 fully saturated rings. The van der Waals surface area contributed by atoms with Gasteiger partial charge < -0.3 is 9.64 Å². The van der Waals surface area contributed by atoms with Crippen molar-refractivity contribution in [3.8, 4) is 0 Å². The quantitative estimate of drug-likeness (QED) is 0.854. The van der Waals surface area contributed by atoms with Gasteiger partial charge >= 0.3 is 0 Å². The van der Waals surface area contributed by atoms with Crippen LogP contribution in [0.2, 0.25) is 0 Å². The van der Waals surface area contributed by atoms with E-state index in [1.54, 1.807) is 4.90 Å². The SMILES string of the molecule is CC(C)O[C@@H]1c2ccccc2C(=O)N1Cc1ccccc1. The molecule has 1 aliphatic heterocycles. The van der Waals surface area contributed by atoms with Crippen molar-refractivity contribution in [2.45, 2.75) is 32.7 Å². The molecule has 1 atom stereocenters. The molecule has 1 heterocycles. The predicted molar refractivity (Wildman–Crippen MR) is 81.7 cm³/mol. The van der Waals surface area contributed by atoms with Crippen LogP contribution in [0.3, 0.4) is 0 Å². The minimum Gasteiger partial charge on any atom is -0.351 e. The van der Waals surface area contributed by atoms with Crippen LogP contribution in [0.4, 0.5) is 0 Å². The molecule has 0 aromatic heterocycles. The maximum atomic E-state index is 12.6. The van der Waals surface area contributed by atoms with Crippen molar-refractivity contribution >= 4 is 5.91 Å². The second-order valence-corrected chi connectivity index (χ2v) is 5.54. The van der Waals surface area contributed by atoms with Gasteiger partial charge in [-0.25, -0.2) is 0 Å².